The summed E-state index contributed by atoms with van der Waals surface area (Å²) >= 11 is 0. The molecule has 6 heteroatoms. The predicted molar refractivity (Wildman–Crippen MR) is 88.4 cm³/mol. The second-order valence-corrected chi connectivity index (χ2v) is 6.49. The predicted octanol–water partition coefficient (Wildman–Crippen LogP) is 2.15. The van der Waals surface area contributed by atoms with Crippen molar-refractivity contribution < 1.29 is 19.5 Å². The van der Waals surface area contributed by atoms with Gasteiger partial charge in [-0.1, -0.05) is 30.3 Å². The largest absolute Gasteiger partial charge is 0.465 e. The van der Waals surface area contributed by atoms with Crippen molar-refractivity contribution in [3.63, 3.8) is 0 Å². The molecule has 6 nitrogen and oxygen atoms in total. The van der Waals surface area contributed by atoms with Crippen LogP contribution in [-0.4, -0.2) is 41.0 Å². The van der Waals surface area contributed by atoms with Crippen LogP contribution >= 0.6 is 0 Å². The van der Waals surface area contributed by atoms with Crippen molar-refractivity contribution in [3.05, 3.63) is 41.5 Å². The van der Waals surface area contributed by atoms with E-state index in [1.54, 1.807) is 0 Å². The van der Waals surface area contributed by atoms with Crippen LogP contribution in [-0.2, 0) is 15.0 Å². The third-order valence-corrected chi connectivity index (χ3v) is 4.98. The Kier molecular flexibility index (Phi) is 4.13. The monoisotopic (exact) mass is 328 g/mol. The Balaban J connectivity index is 1.78. The quantitative estimate of drug-likeness (QED) is 0.815. The highest BCUT2D eigenvalue weighted by Crippen LogP contribution is 2.33. The first-order chi connectivity index (χ1) is 11.4. The summed E-state index contributed by atoms with van der Waals surface area (Å²) in [5.74, 6) is -0.468. The van der Waals surface area contributed by atoms with Gasteiger partial charge in [0.2, 0.25) is 11.8 Å². The summed E-state index contributed by atoms with van der Waals surface area (Å²) in [5, 5.41) is 11.4. The number of amides is 3. The summed E-state index contributed by atoms with van der Waals surface area (Å²) in [5.41, 5.74) is 2.36. The standard InChI is InChI=1S/C18H20N2O4/c1-18(9-6-15(21)19-16(18)22)14-4-2-12(3-5-14)13-7-10-20(11-8-13)17(23)24/h2-5,7H,6,8-11H2,1H3,(H,23,24)(H,19,21,22). The van der Waals surface area contributed by atoms with Crippen molar-refractivity contribution in [3.8, 4) is 0 Å². The lowest BCUT2D eigenvalue weighted by Gasteiger charge is -2.32. The summed E-state index contributed by atoms with van der Waals surface area (Å²) in [7, 11) is 0. The topological polar surface area (TPSA) is 86.7 Å². The summed E-state index contributed by atoms with van der Waals surface area (Å²) in [6, 6.07) is 7.78. The lowest BCUT2D eigenvalue weighted by molar-refractivity contribution is -0.137. The molecule has 1 fully saturated rings. The minimum atomic E-state index is -0.897. The molecule has 1 saturated heterocycles. The van der Waals surface area contributed by atoms with E-state index in [9.17, 15) is 14.4 Å². The fourth-order valence-corrected chi connectivity index (χ4v) is 3.24. The van der Waals surface area contributed by atoms with Crippen LogP contribution in [0.3, 0.4) is 0 Å². The number of rotatable bonds is 2. The number of benzene rings is 1. The molecule has 0 radical (unpaired) electrons. The lowest BCUT2D eigenvalue weighted by atomic mass is 9.75. The highest BCUT2D eigenvalue weighted by molar-refractivity contribution is 6.03. The molecule has 1 unspecified atom stereocenters. The van der Waals surface area contributed by atoms with Crippen LogP contribution in [0, 0.1) is 0 Å². The number of nitrogens with zero attached hydrogens (tertiary/aromatic N) is 1. The first-order valence-corrected chi connectivity index (χ1v) is 8.02. The Morgan fingerprint density at radius 3 is 2.46 bits per heavy atom. The van der Waals surface area contributed by atoms with E-state index in [-0.39, 0.29) is 11.8 Å². The number of imide groups is 1. The van der Waals surface area contributed by atoms with Crippen LogP contribution in [0.1, 0.15) is 37.3 Å². The number of nitrogens with one attached hydrogen (secondary N) is 1. The van der Waals surface area contributed by atoms with Gasteiger partial charge in [-0.25, -0.2) is 4.79 Å². The van der Waals surface area contributed by atoms with Crippen LogP contribution in [0.5, 0.6) is 0 Å². The van der Waals surface area contributed by atoms with Gasteiger partial charge >= 0.3 is 6.09 Å². The number of piperidine rings is 1. The van der Waals surface area contributed by atoms with Crippen molar-refractivity contribution in [1.29, 1.82) is 0 Å². The Bertz CT molecular complexity index is 723. The molecule has 2 N–H and O–H groups in total. The van der Waals surface area contributed by atoms with Crippen LogP contribution in [0.15, 0.2) is 30.3 Å². The molecule has 1 atom stereocenters. The van der Waals surface area contributed by atoms with E-state index < -0.39 is 11.5 Å². The zero-order valence-corrected chi connectivity index (χ0v) is 13.5. The molecule has 1 aromatic carbocycles. The smallest absolute Gasteiger partial charge is 0.407 e. The third kappa shape index (κ3) is 2.91. The molecule has 2 aliphatic heterocycles. The first-order valence-electron chi connectivity index (χ1n) is 8.02. The van der Waals surface area contributed by atoms with Gasteiger partial charge in [-0.15, -0.1) is 0 Å². The summed E-state index contributed by atoms with van der Waals surface area (Å²) < 4.78 is 0. The maximum atomic E-state index is 12.2. The highest BCUT2D eigenvalue weighted by atomic mass is 16.4. The summed E-state index contributed by atoms with van der Waals surface area (Å²) in [6.45, 7) is 2.74. The molecule has 126 valence electrons. The molecule has 3 rings (SSSR count). The number of carbonyl (C=O) groups excluding carboxylic acids is 2. The Hall–Kier alpha value is -2.63. The Morgan fingerprint density at radius 2 is 1.92 bits per heavy atom. The molecule has 3 amide bonds. The van der Waals surface area contributed by atoms with Gasteiger partial charge in [-0.3, -0.25) is 14.9 Å². The van der Waals surface area contributed by atoms with Gasteiger partial charge in [0.25, 0.3) is 0 Å². The number of carbonyl (C=O) groups is 3. The molecular formula is C18H20N2O4. The molecule has 1 aromatic rings. The fourth-order valence-electron chi connectivity index (χ4n) is 3.24. The zero-order valence-electron chi connectivity index (χ0n) is 13.5. The third-order valence-electron chi connectivity index (χ3n) is 4.98. The fraction of sp³-hybridized carbons (Fsp3) is 0.389. The minimum Gasteiger partial charge on any atom is -0.465 e. The maximum Gasteiger partial charge on any atom is 0.407 e. The van der Waals surface area contributed by atoms with E-state index in [0.29, 0.717) is 32.4 Å². The maximum absolute atomic E-state index is 12.2. The second-order valence-electron chi connectivity index (χ2n) is 6.49. The SMILES string of the molecule is CC1(c2ccc(C3=CCN(C(=O)O)CC3)cc2)CCC(=O)NC1=O. The van der Waals surface area contributed by atoms with Gasteiger partial charge in [0.05, 0.1) is 5.41 Å². The molecule has 24 heavy (non-hydrogen) atoms. The van der Waals surface area contributed by atoms with Gasteiger partial charge in [0.15, 0.2) is 0 Å². The normalized spacial score (nSPS) is 24.4. The Morgan fingerprint density at radius 1 is 1.21 bits per heavy atom. The average Bonchev–Trinajstić information content (AvgIpc) is 2.59. The molecule has 2 aliphatic rings. The van der Waals surface area contributed by atoms with E-state index in [0.717, 1.165) is 16.7 Å². The number of hydrogen-bond donors (Lipinski definition) is 2. The van der Waals surface area contributed by atoms with E-state index in [4.69, 9.17) is 5.11 Å². The van der Waals surface area contributed by atoms with Gasteiger partial charge in [0, 0.05) is 19.5 Å². The van der Waals surface area contributed by atoms with Crippen molar-refractivity contribution >= 4 is 23.5 Å². The highest BCUT2D eigenvalue weighted by Gasteiger charge is 2.39. The van der Waals surface area contributed by atoms with E-state index >= 15 is 0 Å². The van der Waals surface area contributed by atoms with Gasteiger partial charge in [-0.2, -0.15) is 0 Å². The van der Waals surface area contributed by atoms with Crippen LogP contribution in [0.25, 0.3) is 5.57 Å². The lowest BCUT2D eigenvalue weighted by Crippen LogP contribution is -2.49. The summed E-state index contributed by atoms with van der Waals surface area (Å²) in [4.78, 5) is 35.9. The van der Waals surface area contributed by atoms with E-state index in [1.165, 1.54) is 4.90 Å². The zero-order chi connectivity index (χ0) is 17.3. The molecule has 2 heterocycles. The van der Waals surface area contributed by atoms with E-state index in [2.05, 4.69) is 5.32 Å². The molecule has 0 aliphatic carbocycles. The van der Waals surface area contributed by atoms with Gasteiger partial charge in [0.1, 0.15) is 0 Å². The molecule has 0 aromatic heterocycles. The van der Waals surface area contributed by atoms with Crippen LogP contribution < -0.4 is 5.32 Å². The number of carboxylic acid groups (broad SMARTS) is 1. The second kappa shape index (κ2) is 6.11. The molecular weight excluding hydrogens is 308 g/mol. The molecule has 0 saturated carbocycles. The van der Waals surface area contributed by atoms with Crippen molar-refractivity contribution in [2.75, 3.05) is 13.1 Å². The number of hydrogen-bond acceptors (Lipinski definition) is 3. The van der Waals surface area contributed by atoms with Crippen molar-refractivity contribution in [2.45, 2.75) is 31.6 Å². The van der Waals surface area contributed by atoms with Crippen molar-refractivity contribution in [2.24, 2.45) is 0 Å². The van der Waals surface area contributed by atoms with Gasteiger partial charge < -0.3 is 10.0 Å². The Labute approximate surface area is 140 Å². The minimum absolute atomic E-state index is 0.218. The van der Waals surface area contributed by atoms with Crippen LogP contribution in [0.4, 0.5) is 4.79 Å². The van der Waals surface area contributed by atoms with Crippen molar-refractivity contribution in [1.82, 2.24) is 10.2 Å². The first kappa shape index (κ1) is 16.2. The van der Waals surface area contributed by atoms with Crippen LogP contribution in [0.2, 0.25) is 0 Å². The molecule has 0 spiro atoms. The molecule has 0 bridgehead atoms. The van der Waals surface area contributed by atoms with Gasteiger partial charge in [-0.05, 0) is 36.5 Å². The average molecular weight is 328 g/mol. The van der Waals surface area contributed by atoms with E-state index in [1.807, 2.05) is 37.3 Å². The summed E-state index contributed by atoms with van der Waals surface area (Å²) in [6.07, 6.45) is 2.57.